The lowest BCUT2D eigenvalue weighted by Gasteiger charge is -2.43. The van der Waals surface area contributed by atoms with Crippen LogP contribution < -0.4 is 5.32 Å². The van der Waals surface area contributed by atoms with Gasteiger partial charge in [-0.3, -0.25) is 4.90 Å². The van der Waals surface area contributed by atoms with Gasteiger partial charge in [0, 0.05) is 37.0 Å². The molecule has 1 saturated heterocycles. The summed E-state index contributed by atoms with van der Waals surface area (Å²) in [5.41, 5.74) is 1.44. The molecule has 1 aromatic carbocycles. The molecule has 1 aromatic rings. The molecule has 3 heteroatoms. The first-order valence-corrected chi connectivity index (χ1v) is 9.22. The minimum atomic E-state index is 0.509. The molecular weight excluding hydrogens is 264 g/mol. The molecule has 1 saturated carbocycles. The van der Waals surface area contributed by atoms with E-state index in [0.717, 1.165) is 17.8 Å². The van der Waals surface area contributed by atoms with Gasteiger partial charge in [0.25, 0.3) is 0 Å². The third-order valence-electron chi connectivity index (χ3n) is 4.85. The van der Waals surface area contributed by atoms with Crippen molar-refractivity contribution in [1.29, 1.82) is 0 Å². The summed E-state index contributed by atoms with van der Waals surface area (Å²) in [6.45, 7) is 3.51. The average Bonchev–Trinajstić information content (AvgIpc) is 2.56. The molecule has 2 nitrogen and oxygen atoms in total. The Morgan fingerprint density at radius 3 is 2.75 bits per heavy atom. The molecule has 1 aliphatic heterocycles. The van der Waals surface area contributed by atoms with Gasteiger partial charge in [-0.15, -0.1) is 0 Å². The van der Waals surface area contributed by atoms with Gasteiger partial charge in [-0.05, 0) is 24.7 Å². The van der Waals surface area contributed by atoms with Gasteiger partial charge in [0.05, 0.1) is 0 Å². The van der Waals surface area contributed by atoms with Crippen molar-refractivity contribution in [2.45, 2.75) is 43.0 Å². The molecule has 0 radical (unpaired) electrons. The lowest BCUT2D eigenvalue weighted by molar-refractivity contribution is 0.120. The average molecular weight is 290 g/mol. The maximum atomic E-state index is 3.69. The lowest BCUT2D eigenvalue weighted by atomic mass is 9.92. The monoisotopic (exact) mass is 290 g/mol. The fourth-order valence-corrected chi connectivity index (χ4v) is 4.78. The Balaban J connectivity index is 1.68. The van der Waals surface area contributed by atoms with Crippen molar-refractivity contribution in [3.8, 4) is 0 Å². The zero-order chi connectivity index (χ0) is 13.8. The third-order valence-corrected chi connectivity index (χ3v) is 6.00. The van der Waals surface area contributed by atoms with E-state index in [1.54, 1.807) is 0 Å². The SMILES string of the molecule is CSC1CCCCC1N1CCNC(c2ccccc2)C1. The second kappa shape index (κ2) is 6.97. The minimum absolute atomic E-state index is 0.509. The molecule has 2 aliphatic rings. The fraction of sp³-hybridized carbons (Fsp3) is 0.647. The summed E-state index contributed by atoms with van der Waals surface area (Å²) in [5.74, 6) is 0. The standard InChI is InChI=1S/C17H26N2S/c1-20-17-10-6-5-9-16(17)19-12-11-18-15(13-19)14-7-3-2-4-8-14/h2-4,7-8,15-18H,5-6,9-13H2,1H3. The summed E-state index contributed by atoms with van der Waals surface area (Å²) in [5, 5.41) is 4.53. The Labute approximate surface area is 127 Å². The van der Waals surface area contributed by atoms with Crippen LogP contribution in [-0.4, -0.2) is 42.1 Å². The van der Waals surface area contributed by atoms with Gasteiger partial charge in [0.15, 0.2) is 0 Å². The number of nitrogens with one attached hydrogen (secondary N) is 1. The molecule has 0 spiro atoms. The number of nitrogens with zero attached hydrogens (tertiary/aromatic N) is 1. The zero-order valence-electron chi connectivity index (χ0n) is 12.4. The third kappa shape index (κ3) is 3.21. The van der Waals surface area contributed by atoms with Crippen molar-refractivity contribution in [1.82, 2.24) is 10.2 Å². The van der Waals surface area contributed by atoms with Crippen LogP contribution in [0.2, 0.25) is 0 Å². The van der Waals surface area contributed by atoms with Crippen molar-refractivity contribution in [3.05, 3.63) is 35.9 Å². The van der Waals surface area contributed by atoms with Crippen LogP contribution in [0, 0.1) is 0 Å². The van der Waals surface area contributed by atoms with Gasteiger partial charge in [-0.25, -0.2) is 0 Å². The van der Waals surface area contributed by atoms with Crippen molar-refractivity contribution in [2.24, 2.45) is 0 Å². The van der Waals surface area contributed by atoms with Gasteiger partial charge >= 0.3 is 0 Å². The van der Waals surface area contributed by atoms with E-state index >= 15 is 0 Å². The maximum absolute atomic E-state index is 3.69. The molecule has 1 heterocycles. The molecule has 0 aromatic heterocycles. The van der Waals surface area contributed by atoms with Crippen LogP contribution in [0.15, 0.2) is 30.3 Å². The summed E-state index contributed by atoms with van der Waals surface area (Å²) in [7, 11) is 0. The molecule has 3 rings (SSSR count). The van der Waals surface area contributed by atoms with Crippen LogP contribution in [0.4, 0.5) is 0 Å². The van der Waals surface area contributed by atoms with Crippen molar-refractivity contribution in [3.63, 3.8) is 0 Å². The largest absolute Gasteiger partial charge is 0.308 e. The highest BCUT2D eigenvalue weighted by atomic mass is 32.2. The molecule has 3 unspecified atom stereocenters. The van der Waals surface area contributed by atoms with E-state index in [4.69, 9.17) is 0 Å². The van der Waals surface area contributed by atoms with Gasteiger partial charge in [0.1, 0.15) is 0 Å². The van der Waals surface area contributed by atoms with Crippen LogP contribution in [0.5, 0.6) is 0 Å². The molecule has 20 heavy (non-hydrogen) atoms. The summed E-state index contributed by atoms with van der Waals surface area (Å²) in [6, 6.07) is 12.2. The van der Waals surface area contributed by atoms with Gasteiger partial charge in [-0.2, -0.15) is 11.8 Å². The van der Waals surface area contributed by atoms with Gasteiger partial charge < -0.3 is 5.32 Å². The van der Waals surface area contributed by atoms with E-state index in [9.17, 15) is 0 Å². The predicted molar refractivity (Wildman–Crippen MR) is 88.3 cm³/mol. The number of thioether (sulfide) groups is 1. The van der Waals surface area contributed by atoms with E-state index in [2.05, 4.69) is 58.6 Å². The second-order valence-electron chi connectivity index (χ2n) is 6.04. The Kier molecular flexibility index (Phi) is 5.03. The number of hydrogen-bond donors (Lipinski definition) is 1. The van der Waals surface area contributed by atoms with Gasteiger partial charge in [0.2, 0.25) is 0 Å². The molecule has 1 aliphatic carbocycles. The Hall–Kier alpha value is -0.510. The van der Waals surface area contributed by atoms with Crippen LogP contribution in [0.25, 0.3) is 0 Å². The lowest BCUT2D eigenvalue weighted by Crippen LogP contribution is -2.53. The van der Waals surface area contributed by atoms with Crippen LogP contribution >= 0.6 is 11.8 Å². The smallest absolute Gasteiger partial charge is 0.0449 e. The number of hydrogen-bond acceptors (Lipinski definition) is 3. The first-order chi connectivity index (χ1) is 9.88. The van der Waals surface area contributed by atoms with Crippen molar-refractivity contribution < 1.29 is 0 Å². The summed E-state index contributed by atoms with van der Waals surface area (Å²) in [4.78, 5) is 2.76. The van der Waals surface area contributed by atoms with Crippen LogP contribution in [0.1, 0.15) is 37.3 Å². The summed E-state index contributed by atoms with van der Waals surface area (Å²) < 4.78 is 0. The molecular formula is C17H26N2S. The topological polar surface area (TPSA) is 15.3 Å². The normalized spacial score (nSPS) is 32.1. The van der Waals surface area contributed by atoms with E-state index in [1.807, 2.05) is 0 Å². The summed E-state index contributed by atoms with van der Waals surface area (Å²) in [6.07, 6.45) is 7.94. The van der Waals surface area contributed by atoms with E-state index in [1.165, 1.54) is 44.3 Å². The Morgan fingerprint density at radius 2 is 1.95 bits per heavy atom. The number of benzene rings is 1. The van der Waals surface area contributed by atoms with E-state index < -0.39 is 0 Å². The van der Waals surface area contributed by atoms with Crippen molar-refractivity contribution in [2.75, 3.05) is 25.9 Å². The quantitative estimate of drug-likeness (QED) is 0.919. The molecule has 3 atom stereocenters. The number of piperazine rings is 1. The fourth-order valence-electron chi connectivity index (χ4n) is 3.75. The predicted octanol–water partition coefficient (Wildman–Crippen LogP) is 3.31. The maximum Gasteiger partial charge on any atom is 0.0449 e. The first kappa shape index (κ1) is 14.4. The minimum Gasteiger partial charge on any atom is -0.308 e. The van der Waals surface area contributed by atoms with Crippen molar-refractivity contribution >= 4 is 11.8 Å². The molecule has 1 N–H and O–H groups in total. The Bertz CT molecular complexity index is 409. The molecule has 2 fully saturated rings. The second-order valence-corrected chi connectivity index (χ2v) is 7.12. The van der Waals surface area contributed by atoms with E-state index in [0.29, 0.717) is 6.04 Å². The zero-order valence-corrected chi connectivity index (χ0v) is 13.2. The number of rotatable bonds is 3. The van der Waals surface area contributed by atoms with Gasteiger partial charge in [-0.1, -0.05) is 43.2 Å². The van der Waals surface area contributed by atoms with E-state index in [-0.39, 0.29) is 0 Å². The first-order valence-electron chi connectivity index (χ1n) is 7.93. The highest BCUT2D eigenvalue weighted by molar-refractivity contribution is 7.99. The Morgan fingerprint density at radius 1 is 1.15 bits per heavy atom. The highest BCUT2D eigenvalue weighted by Gasteiger charge is 2.32. The highest BCUT2D eigenvalue weighted by Crippen LogP contribution is 2.32. The molecule has 0 amide bonds. The molecule has 110 valence electrons. The van der Waals surface area contributed by atoms with Crippen LogP contribution in [0.3, 0.4) is 0 Å². The molecule has 0 bridgehead atoms. The summed E-state index contributed by atoms with van der Waals surface area (Å²) >= 11 is 2.08. The van der Waals surface area contributed by atoms with Crippen LogP contribution in [-0.2, 0) is 0 Å².